The van der Waals surface area contributed by atoms with E-state index in [4.69, 9.17) is 16.9 Å². The molecule has 0 aromatic carbocycles. The zero-order valence-corrected chi connectivity index (χ0v) is 19.8. The Hall–Kier alpha value is -1.65. The number of nitriles is 1. The summed E-state index contributed by atoms with van der Waals surface area (Å²) in [5, 5.41) is 10.5. The number of hydrogen-bond acceptors (Lipinski definition) is 5. The van der Waals surface area contributed by atoms with E-state index >= 15 is 0 Å². The quantitative estimate of drug-likeness (QED) is 0.380. The van der Waals surface area contributed by atoms with Crippen molar-refractivity contribution in [3.63, 3.8) is 0 Å². The van der Waals surface area contributed by atoms with E-state index in [0.29, 0.717) is 5.92 Å². The number of nitrogens with two attached hydrogens (primary N) is 2. The number of ketones is 1. The van der Waals surface area contributed by atoms with E-state index in [-0.39, 0.29) is 36.6 Å². The van der Waals surface area contributed by atoms with E-state index < -0.39 is 6.03 Å². The molecule has 7 heteroatoms. The Morgan fingerprint density at radius 1 is 1.00 bits per heavy atom. The van der Waals surface area contributed by atoms with Gasteiger partial charge in [0.05, 0.1) is 25.6 Å². The molecule has 8 atom stereocenters. The van der Waals surface area contributed by atoms with E-state index in [9.17, 15) is 9.59 Å². The van der Waals surface area contributed by atoms with Crippen LogP contribution in [0.15, 0.2) is 0 Å². The summed E-state index contributed by atoms with van der Waals surface area (Å²) in [7, 11) is 0. The molecule has 0 saturated heterocycles. The Morgan fingerprint density at radius 2 is 1.75 bits per heavy atom. The van der Waals surface area contributed by atoms with Gasteiger partial charge in [-0.15, -0.1) is 0 Å². The fourth-order valence-electron chi connectivity index (χ4n) is 8.39. The van der Waals surface area contributed by atoms with E-state index in [2.05, 4.69) is 13.8 Å². The molecular weight excluding hydrogens is 402 g/mol. The highest BCUT2D eigenvalue weighted by Gasteiger charge is 2.58. The van der Waals surface area contributed by atoms with Gasteiger partial charge in [-0.3, -0.25) is 14.8 Å². The molecule has 0 aromatic heterocycles. The van der Waals surface area contributed by atoms with Gasteiger partial charge in [0, 0.05) is 5.92 Å². The van der Waals surface area contributed by atoms with E-state index in [1.54, 1.807) is 0 Å². The highest BCUT2D eigenvalue weighted by Crippen LogP contribution is 2.64. The normalized spacial score (nSPS) is 40.4. The van der Waals surface area contributed by atoms with Crippen LogP contribution in [0.5, 0.6) is 0 Å². The van der Waals surface area contributed by atoms with Crippen molar-refractivity contribution >= 4 is 11.8 Å². The van der Waals surface area contributed by atoms with E-state index in [1.165, 1.54) is 38.5 Å². The van der Waals surface area contributed by atoms with Gasteiger partial charge in [0.25, 0.3) is 0 Å². The molecule has 0 spiro atoms. The largest absolute Gasteiger partial charge is 0.348 e. The minimum absolute atomic E-state index is 0.0262. The number of rotatable bonds is 5. The zero-order chi connectivity index (χ0) is 23.0. The maximum Gasteiger partial charge on any atom is 0.348 e. The van der Waals surface area contributed by atoms with Crippen molar-refractivity contribution in [2.24, 2.45) is 58.5 Å². The molecule has 4 aliphatic rings. The lowest BCUT2D eigenvalue weighted by Crippen LogP contribution is -2.54. The van der Waals surface area contributed by atoms with Crippen molar-refractivity contribution in [1.82, 2.24) is 10.0 Å². The number of hydrazine groups is 2. The fraction of sp³-hybridized carbons (Fsp3) is 0.880. The van der Waals surface area contributed by atoms with Gasteiger partial charge in [-0.25, -0.2) is 16.5 Å². The summed E-state index contributed by atoms with van der Waals surface area (Å²) in [5.74, 6) is 16.6. The number of amides is 2. The molecular formula is C25H41N5O2. The Balaban J connectivity index is 1.40. The van der Waals surface area contributed by atoms with Crippen LogP contribution in [0.4, 0.5) is 4.79 Å². The van der Waals surface area contributed by atoms with Gasteiger partial charge in [0.1, 0.15) is 0 Å². The van der Waals surface area contributed by atoms with Crippen molar-refractivity contribution < 1.29 is 9.59 Å². The number of urea groups is 1. The fourth-order valence-corrected chi connectivity index (χ4v) is 8.39. The first-order valence-corrected chi connectivity index (χ1v) is 12.7. The third-order valence-electron chi connectivity index (χ3n) is 9.89. The predicted octanol–water partition coefficient (Wildman–Crippen LogP) is 3.85. The third kappa shape index (κ3) is 4.17. The number of nitrogens with zero attached hydrogens (tertiary/aromatic N) is 3. The lowest BCUT2D eigenvalue weighted by molar-refractivity contribution is -0.131. The molecule has 4 rings (SSSR count). The Kier molecular flexibility index (Phi) is 6.84. The van der Waals surface area contributed by atoms with Crippen LogP contribution >= 0.6 is 0 Å². The van der Waals surface area contributed by atoms with Gasteiger partial charge >= 0.3 is 6.03 Å². The summed E-state index contributed by atoms with van der Waals surface area (Å²) in [5.41, 5.74) is 0.0279. The standard InChI is InChI=1S/C25H41N5O2/c1-16-4-6-18-17(14-16)5-7-20-19(18)10-11-25(2)21(20)8-9-22(25)23(31)15-30(28)24(32)29(27)13-3-12-26/h16-22H,3-11,13-15,27-28H2,1-2H3. The molecule has 2 amide bonds. The SMILES string of the molecule is CC1CCC2C(CCC3C2CCC2(C)C(C(=O)CN(N)C(=O)N(N)CCC#N)CCC32)C1. The number of carbonyl (C=O) groups excluding carboxylic acids is 2. The van der Waals surface area contributed by atoms with Crippen LogP contribution in [0.3, 0.4) is 0 Å². The summed E-state index contributed by atoms with van der Waals surface area (Å²) < 4.78 is 0. The van der Waals surface area contributed by atoms with Crippen molar-refractivity contribution in [2.75, 3.05) is 13.1 Å². The average molecular weight is 444 g/mol. The molecule has 0 heterocycles. The van der Waals surface area contributed by atoms with Gasteiger partial charge in [-0.1, -0.05) is 20.3 Å². The maximum atomic E-state index is 13.3. The zero-order valence-electron chi connectivity index (χ0n) is 19.8. The van der Waals surface area contributed by atoms with Crippen molar-refractivity contribution in [2.45, 2.75) is 78.1 Å². The van der Waals surface area contributed by atoms with Gasteiger partial charge in [-0.05, 0) is 92.3 Å². The van der Waals surface area contributed by atoms with Crippen LogP contribution in [0.25, 0.3) is 0 Å². The number of carbonyl (C=O) groups is 2. The van der Waals surface area contributed by atoms with Crippen molar-refractivity contribution in [3.05, 3.63) is 0 Å². The molecule has 8 unspecified atom stereocenters. The van der Waals surface area contributed by atoms with Crippen LogP contribution in [-0.4, -0.2) is 34.9 Å². The maximum absolute atomic E-state index is 13.3. The van der Waals surface area contributed by atoms with Crippen LogP contribution in [0.2, 0.25) is 0 Å². The Morgan fingerprint density at radius 3 is 2.50 bits per heavy atom. The predicted molar refractivity (Wildman–Crippen MR) is 122 cm³/mol. The lowest BCUT2D eigenvalue weighted by Gasteiger charge is -2.56. The first-order valence-electron chi connectivity index (χ1n) is 12.7. The van der Waals surface area contributed by atoms with Gasteiger partial charge in [-0.2, -0.15) is 5.26 Å². The average Bonchev–Trinajstić information content (AvgIpc) is 3.13. The second-order valence-corrected chi connectivity index (χ2v) is 11.5. The van der Waals surface area contributed by atoms with E-state index in [1.807, 2.05) is 6.07 Å². The van der Waals surface area contributed by atoms with Crippen molar-refractivity contribution in [1.29, 1.82) is 5.26 Å². The summed E-state index contributed by atoms with van der Waals surface area (Å²) in [6.45, 7) is 4.75. The summed E-state index contributed by atoms with van der Waals surface area (Å²) >= 11 is 0. The van der Waals surface area contributed by atoms with Crippen LogP contribution in [0, 0.1) is 58.2 Å². The first-order chi connectivity index (χ1) is 15.3. The summed E-state index contributed by atoms with van der Waals surface area (Å²) in [6.07, 6.45) is 11.5. The molecule has 7 nitrogen and oxygen atoms in total. The molecule has 178 valence electrons. The molecule has 0 aliphatic heterocycles. The monoisotopic (exact) mass is 443 g/mol. The topological polar surface area (TPSA) is 116 Å². The minimum atomic E-state index is -0.609. The third-order valence-corrected chi connectivity index (χ3v) is 9.89. The molecule has 4 N–H and O–H groups in total. The lowest BCUT2D eigenvalue weighted by atomic mass is 9.49. The number of hydrogen-bond donors (Lipinski definition) is 2. The minimum Gasteiger partial charge on any atom is -0.297 e. The van der Waals surface area contributed by atoms with Crippen molar-refractivity contribution in [3.8, 4) is 6.07 Å². The van der Waals surface area contributed by atoms with Gasteiger partial charge in [0.2, 0.25) is 0 Å². The van der Waals surface area contributed by atoms with E-state index in [0.717, 1.165) is 58.9 Å². The molecule has 4 saturated carbocycles. The summed E-state index contributed by atoms with van der Waals surface area (Å²) in [6, 6.07) is 1.35. The van der Waals surface area contributed by atoms with Gasteiger partial charge in [0.15, 0.2) is 5.78 Å². The highest BCUT2D eigenvalue weighted by molar-refractivity contribution is 5.87. The molecule has 0 aromatic rings. The van der Waals surface area contributed by atoms with Crippen LogP contribution in [0.1, 0.15) is 78.1 Å². The number of Topliss-reactive ketones (excluding diaryl/α,β-unsaturated/α-hetero) is 1. The Bertz CT molecular complexity index is 766. The first kappa shape index (κ1) is 23.5. The smallest absolute Gasteiger partial charge is 0.297 e. The number of fused-ring (bicyclic) bond motifs is 5. The summed E-state index contributed by atoms with van der Waals surface area (Å²) in [4.78, 5) is 25.6. The molecule has 0 bridgehead atoms. The second kappa shape index (κ2) is 9.30. The molecule has 32 heavy (non-hydrogen) atoms. The Labute approximate surface area is 192 Å². The molecule has 4 aliphatic carbocycles. The van der Waals surface area contributed by atoms with Gasteiger partial charge < -0.3 is 0 Å². The van der Waals surface area contributed by atoms with Crippen LogP contribution < -0.4 is 11.7 Å². The molecule has 0 radical (unpaired) electrons. The second-order valence-electron chi connectivity index (χ2n) is 11.5. The van der Waals surface area contributed by atoms with Crippen LogP contribution in [-0.2, 0) is 4.79 Å². The molecule has 4 fully saturated rings. The highest BCUT2D eigenvalue weighted by atomic mass is 16.2.